The van der Waals surface area contributed by atoms with E-state index < -0.39 is 0 Å². The molecule has 0 amide bonds. The van der Waals surface area contributed by atoms with Crippen molar-refractivity contribution in [3.8, 4) is 28.6 Å². The molecule has 0 aliphatic carbocycles. The molecule has 1 aromatic heterocycles. The fourth-order valence-corrected chi connectivity index (χ4v) is 4.82. The summed E-state index contributed by atoms with van der Waals surface area (Å²) in [4.78, 5) is 18.7. The van der Waals surface area contributed by atoms with E-state index in [0.29, 0.717) is 41.4 Å². The number of benzene rings is 4. The quantitative estimate of drug-likeness (QED) is 0.167. The number of nitrogens with zero attached hydrogens (tertiary/aromatic N) is 3. The highest BCUT2D eigenvalue weighted by Crippen LogP contribution is 2.34. The monoisotopic (exact) mass is 561 g/mol. The van der Waals surface area contributed by atoms with Crippen LogP contribution in [0.15, 0.2) is 94.8 Å². The maximum absolute atomic E-state index is 13.8. The molecule has 0 aliphatic rings. The lowest BCUT2D eigenvalue weighted by molar-refractivity contribution is 0.269. The number of hydrogen-bond acceptors (Lipinski definition) is 6. The minimum atomic E-state index is -0.249. The number of rotatable bonds is 10. The number of ether oxygens (including phenoxy) is 3. The second kappa shape index (κ2) is 12.7. The van der Waals surface area contributed by atoms with Crippen LogP contribution in [0.3, 0.4) is 0 Å². The number of fused-ring (bicyclic) bond motifs is 1. The summed E-state index contributed by atoms with van der Waals surface area (Å²) in [7, 11) is 1.67. The van der Waals surface area contributed by atoms with Gasteiger partial charge in [-0.3, -0.25) is 4.79 Å². The molecular formula is C35H35N3O4. The van der Waals surface area contributed by atoms with Gasteiger partial charge in [0.05, 0.1) is 30.8 Å². The summed E-state index contributed by atoms with van der Waals surface area (Å²) in [5, 5.41) is 5.17. The average Bonchev–Trinajstić information content (AvgIpc) is 3.00. The number of para-hydroxylation sites is 1. The summed E-state index contributed by atoms with van der Waals surface area (Å²) in [5.41, 5.74) is 4.97. The largest absolute Gasteiger partial charge is 0.496 e. The van der Waals surface area contributed by atoms with E-state index in [1.807, 2.05) is 92.7 Å². The van der Waals surface area contributed by atoms with Crippen molar-refractivity contribution in [1.29, 1.82) is 0 Å². The van der Waals surface area contributed by atoms with Crippen LogP contribution in [0, 0.1) is 6.92 Å². The van der Waals surface area contributed by atoms with Gasteiger partial charge in [-0.1, -0.05) is 56.3 Å². The Balaban J connectivity index is 1.58. The third kappa shape index (κ3) is 6.05. The predicted octanol–water partition coefficient (Wildman–Crippen LogP) is 7.36. The molecule has 0 fully saturated rings. The number of aromatic nitrogens is 2. The molecule has 0 bridgehead atoms. The molecule has 0 atom stereocenters. The van der Waals surface area contributed by atoms with E-state index in [1.165, 1.54) is 4.68 Å². The molecule has 5 rings (SSSR count). The number of aryl methyl sites for hydroxylation is 1. The van der Waals surface area contributed by atoms with Crippen LogP contribution in [0.2, 0.25) is 0 Å². The summed E-state index contributed by atoms with van der Waals surface area (Å²) < 4.78 is 19.0. The Morgan fingerprint density at radius 1 is 0.905 bits per heavy atom. The van der Waals surface area contributed by atoms with Crippen LogP contribution >= 0.6 is 0 Å². The van der Waals surface area contributed by atoms with Crippen molar-refractivity contribution < 1.29 is 14.2 Å². The average molecular weight is 562 g/mol. The molecule has 0 saturated heterocycles. The van der Waals surface area contributed by atoms with Gasteiger partial charge in [-0.25, -0.2) is 4.98 Å². The summed E-state index contributed by atoms with van der Waals surface area (Å²) >= 11 is 0. The summed E-state index contributed by atoms with van der Waals surface area (Å²) in [6, 6.07) is 27.0. The maximum Gasteiger partial charge on any atom is 0.282 e. The predicted molar refractivity (Wildman–Crippen MR) is 168 cm³/mol. The van der Waals surface area contributed by atoms with E-state index in [2.05, 4.69) is 18.9 Å². The SMILES string of the molecule is CCOc1cc(C=Nn2c(-c3cc(C(C)C)c(OC)cc3C)nc3ccccc3c2=O)ccc1OCc1ccccc1. The van der Waals surface area contributed by atoms with E-state index in [0.717, 1.165) is 33.6 Å². The topological polar surface area (TPSA) is 74.9 Å². The van der Waals surface area contributed by atoms with Gasteiger partial charge < -0.3 is 14.2 Å². The normalized spacial score (nSPS) is 11.4. The molecule has 0 radical (unpaired) electrons. The smallest absolute Gasteiger partial charge is 0.282 e. The minimum Gasteiger partial charge on any atom is -0.496 e. The summed E-state index contributed by atoms with van der Waals surface area (Å²) in [5.74, 6) is 2.72. The van der Waals surface area contributed by atoms with Gasteiger partial charge in [0, 0.05) is 5.56 Å². The zero-order chi connectivity index (χ0) is 29.6. The standard InChI is InChI=1S/C35H35N3O4/c1-6-41-33-19-26(16-17-31(33)42-22-25-12-8-7-9-13-25)21-36-38-34(37-30-15-11-10-14-27(30)35(38)39)29-20-28(23(2)3)32(40-5)18-24(29)4/h7-21,23H,6,22H2,1-5H3. The van der Waals surface area contributed by atoms with Crippen molar-refractivity contribution in [3.63, 3.8) is 0 Å². The highest BCUT2D eigenvalue weighted by molar-refractivity contribution is 5.83. The zero-order valence-corrected chi connectivity index (χ0v) is 24.6. The molecule has 42 heavy (non-hydrogen) atoms. The molecule has 1 heterocycles. The third-order valence-electron chi connectivity index (χ3n) is 7.02. The van der Waals surface area contributed by atoms with Gasteiger partial charge in [0.1, 0.15) is 12.4 Å². The molecule has 7 heteroatoms. The van der Waals surface area contributed by atoms with Gasteiger partial charge in [0.15, 0.2) is 17.3 Å². The van der Waals surface area contributed by atoms with Crippen LogP contribution in [0.5, 0.6) is 17.2 Å². The zero-order valence-electron chi connectivity index (χ0n) is 24.6. The maximum atomic E-state index is 13.8. The Hall–Kier alpha value is -4.91. The molecule has 0 unspecified atom stereocenters. The lowest BCUT2D eigenvalue weighted by atomic mass is 9.96. The summed E-state index contributed by atoms with van der Waals surface area (Å²) in [6.07, 6.45) is 1.65. The third-order valence-corrected chi connectivity index (χ3v) is 7.02. The Kier molecular flexibility index (Phi) is 8.67. The number of hydrogen-bond donors (Lipinski definition) is 0. The first kappa shape index (κ1) is 28.6. The Bertz CT molecular complexity index is 1790. The molecule has 5 aromatic rings. The second-order valence-electron chi connectivity index (χ2n) is 10.3. The van der Waals surface area contributed by atoms with Crippen molar-refractivity contribution in [1.82, 2.24) is 9.66 Å². The van der Waals surface area contributed by atoms with Gasteiger partial charge in [-0.05, 0) is 84.5 Å². The molecule has 0 N–H and O–H groups in total. The summed E-state index contributed by atoms with van der Waals surface area (Å²) in [6.45, 7) is 9.04. The second-order valence-corrected chi connectivity index (χ2v) is 10.3. The molecule has 0 saturated carbocycles. The van der Waals surface area contributed by atoms with Gasteiger partial charge in [0.25, 0.3) is 5.56 Å². The van der Waals surface area contributed by atoms with E-state index in [1.54, 1.807) is 19.4 Å². The Labute approximate surface area is 246 Å². The Morgan fingerprint density at radius 2 is 1.67 bits per heavy atom. The van der Waals surface area contributed by atoms with Crippen LogP contribution in [0.1, 0.15) is 48.9 Å². The molecular weight excluding hydrogens is 526 g/mol. The van der Waals surface area contributed by atoms with Crippen LogP contribution < -0.4 is 19.8 Å². The molecule has 4 aromatic carbocycles. The van der Waals surface area contributed by atoms with Crippen molar-refractivity contribution in [2.24, 2.45) is 5.10 Å². The van der Waals surface area contributed by atoms with E-state index in [-0.39, 0.29) is 11.5 Å². The fraction of sp³-hybridized carbons (Fsp3) is 0.229. The first-order valence-electron chi connectivity index (χ1n) is 14.1. The van der Waals surface area contributed by atoms with Gasteiger partial charge in [-0.2, -0.15) is 9.78 Å². The van der Waals surface area contributed by atoms with Gasteiger partial charge in [-0.15, -0.1) is 0 Å². The Morgan fingerprint density at radius 3 is 2.40 bits per heavy atom. The van der Waals surface area contributed by atoms with Crippen molar-refractivity contribution in [2.75, 3.05) is 13.7 Å². The van der Waals surface area contributed by atoms with Crippen LogP contribution in [0.4, 0.5) is 0 Å². The lowest BCUT2D eigenvalue weighted by Gasteiger charge is -2.17. The first-order chi connectivity index (χ1) is 20.4. The highest BCUT2D eigenvalue weighted by atomic mass is 16.5. The van der Waals surface area contributed by atoms with Crippen molar-refractivity contribution in [2.45, 2.75) is 40.2 Å². The van der Waals surface area contributed by atoms with Gasteiger partial charge >= 0.3 is 0 Å². The van der Waals surface area contributed by atoms with Crippen molar-refractivity contribution >= 4 is 17.1 Å². The fourth-order valence-electron chi connectivity index (χ4n) is 4.82. The lowest BCUT2D eigenvalue weighted by Crippen LogP contribution is -2.20. The molecule has 7 nitrogen and oxygen atoms in total. The van der Waals surface area contributed by atoms with E-state index >= 15 is 0 Å². The minimum absolute atomic E-state index is 0.211. The first-order valence-corrected chi connectivity index (χ1v) is 14.1. The molecule has 214 valence electrons. The van der Waals surface area contributed by atoms with E-state index in [9.17, 15) is 4.79 Å². The molecule has 0 spiro atoms. The van der Waals surface area contributed by atoms with Gasteiger partial charge in [0.2, 0.25) is 0 Å². The molecule has 0 aliphatic heterocycles. The van der Waals surface area contributed by atoms with E-state index in [4.69, 9.17) is 19.2 Å². The van der Waals surface area contributed by atoms with Crippen LogP contribution in [-0.4, -0.2) is 29.6 Å². The highest BCUT2D eigenvalue weighted by Gasteiger charge is 2.18. The van der Waals surface area contributed by atoms with Crippen LogP contribution in [-0.2, 0) is 6.61 Å². The van der Waals surface area contributed by atoms with Crippen LogP contribution in [0.25, 0.3) is 22.3 Å². The van der Waals surface area contributed by atoms with Crippen molar-refractivity contribution in [3.05, 3.63) is 118 Å². The number of methoxy groups -OCH3 is 1.